The van der Waals surface area contributed by atoms with E-state index in [1.807, 2.05) is 60.7 Å². The molecule has 0 atom stereocenters. The van der Waals surface area contributed by atoms with Crippen LogP contribution in [0.1, 0.15) is 47.2 Å². The van der Waals surface area contributed by atoms with Gasteiger partial charge >= 0.3 is 0 Å². The first-order chi connectivity index (χ1) is 27.5. The highest BCUT2D eigenvalue weighted by Crippen LogP contribution is 2.45. The molecule has 0 fully saturated rings. The van der Waals surface area contributed by atoms with Gasteiger partial charge < -0.3 is 4.90 Å². The lowest BCUT2D eigenvalue weighted by molar-refractivity contribution is 0.639. The zero-order chi connectivity index (χ0) is 37.6. The van der Waals surface area contributed by atoms with Crippen molar-refractivity contribution in [2.24, 2.45) is 0 Å². The van der Waals surface area contributed by atoms with Gasteiger partial charge in [-0.2, -0.15) is 0 Å². The van der Waals surface area contributed by atoms with Crippen molar-refractivity contribution in [2.75, 3.05) is 4.90 Å². The smallest absolute Gasteiger partial charge is 0.164 e. The number of hydrogen-bond donors (Lipinski definition) is 0. The quantitative estimate of drug-likeness (QED) is 0.178. The summed E-state index contributed by atoms with van der Waals surface area (Å²) in [5.41, 5.74) is 15.8. The van der Waals surface area contributed by atoms with Gasteiger partial charge in [-0.25, -0.2) is 15.0 Å². The minimum atomic E-state index is -0.112. The number of hydrogen-bond acceptors (Lipinski definition) is 4. The van der Waals surface area contributed by atoms with Crippen LogP contribution in [0.15, 0.2) is 170 Å². The lowest BCUT2D eigenvalue weighted by Crippen LogP contribution is -2.20. The minimum Gasteiger partial charge on any atom is -0.309 e. The van der Waals surface area contributed by atoms with Crippen LogP contribution in [0.5, 0.6) is 0 Å². The van der Waals surface area contributed by atoms with Crippen LogP contribution in [0.25, 0.3) is 69.6 Å². The molecule has 0 bridgehead atoms. The SMILES string of the molecule is CC1(C)c2ccccc2C=Cc2cc(-c3ccc4c(c3)C=Cc3ccccc3N4c3cccc(-c4nc(-c5ccccc5)nc(-c5ccccc5)n4)c3)ccc21. The average Bonchev–Trinajstić information content (AvgIpc) is 3.49. The maximum atomic E-state index is 5.04. The summed E-state index contributed by atoms with van der Waals surface area (Å²) in [6.45, 7) is 4.66. The molecule has 0 unspecified atom stereocenters. The first-order valence-electron chi connectivity index (χ1n) is 19.1. The molecule has 4 heteroatoms. The standard InChI is InChI=1S/C52H38N4/c1-52(2)45-22-11-9-14-35(45)24-26-41-32-39(28-30-46(41)52)40-29-31-48-42(33-40)27-25-36-15-10-12-23-47(36)56(48)44-21-13-20-43(34-44)51-54-49(37-16-5-3-6-17-37)53-50(55-51)38-18-7-4-8-19-38/h3-34H,1-2H3. The van der Waals surface area contributed by atoms with E-state index in [1.165, 1.54) is 33.4 Å². The summed E-state index contributed by atoms with van der Waals surface area (Å²) in [5, 5.41) is 0. The lowest BCUT2D eigenvalue weighted by Gasteiger charge is -2.29. The Morgan fingerprint density at radius 1 is 0.357 bits per heavy atom. The van der Waals surface area contributed by atoms with Crippen molar-refractivity contribution in [3.05, 3.63) is 203 Å². The molecule has 0 saturated carbocycles. The molecule has 0 saturated heterocycles. The second-order valence-electron chi connectivity index (χ2n) is 14.9. The monoisotopic (exact) mass is 718 g/mol. The summed E-state index contributed by atoms with van der Waals surface area (Å²) in [4.78, 5) is 17.3. The molecule has 2 aliphatic rings. The molecule has 0 amide bonds. The van der Waals surface area contributed by atoms with Crippen LogP contribution in [0.4, 0.5) is 17.1 Å². The molecule has 2 heterocycles. The van der Waals surface area contributed by atoms with Gasteiger partial charge in [-0.05, 0) is 80.9 Å². The van der Waals surface area contributed by atoms with Gasteiger partial charge in [0.25, 0.3) is 0 Å². The van der Waals surface area contributed by atoms with E-state index in [9.17, 15) is 0 Å². The topological polar surface area (TPSA) is 41.9 Å². The zero-order valence-electron chi connectivity index (χ0n) is 31.3. The van der Waals surface area contributed by atoms with Crippen molar-refractivity contribution in [2.45, 2.75) is 19.3 Å². The third kappa shape index (κ3) is 5.93. The van der Waals surface area contributed by atoms with Crippen molar-refractivity contribution >= 4 is 41.4 Å². The van der Waals surface area contributed by atoms with Gasteiger partial charge in [-0.3, -0.25) is 0 Å². The molecule has 8 aromatic rings. The van der Waals surface area contributed by atoms with Crippen LogP contribution in [0.3, 0.4) is 0 Å². The van der Waals surface area contributed by atoms with Gasteiger partial charge in [0.1, 0.15) is 0 Å². The molecular formula is C52H38N4. The number of aromatic nitrogens is 3. The summed E-state index contributed by atoms with van der Waals surface area (Å²) in [5.74, 6) is 1.91. The van der Waals surface area contributed by atoms with E-state index in [4.69, 9.17) is 15.0 Å². The summed E-state index contributed by atoms with van der Waals surface area (Å²) in [7, 11) is 0. The maximum Gasteiger partial charge on any atom is 0.164 e. The number of benzene rings is 7. The minimum absolute atomic E-state index is 0.112. The molecule has 7 aromatic carbocycles. The second kappa shape index (κ2) is 13.6. The Hall–Kier alpha value is -7.17. The van der Waals surface area contributed by atoms with Crippen LogP contribution in [-0.2, 0) is 5.41 Å². The molecule has 266 valence electrons. The number of fused-ring (bicyclic) bond motifs is 4. The van der Waals surface area contributed by atoms with Gasteiger partial charge in [0.2, 0.25) is 0 Å². The summed E-state index contributed by atoms with van der Waals surface area (Å²) in [6, 6.07) is 59.9. The number of para-hydroxylation sites is 1. The Labute approximate surface area is 327 Å². The third-order valence-electron chi connectivity index (χ3n) is 11.1. The molecule has 0 N–H and O–H groups in total. The number of nitrogens with zero attached hydrogens (tertiary/aromatic N) is 4. The fourth-order valence-electron chi connectivity index (χ4n) is 8.20. The predicted molar refractivity (Wildman–Crippen MR) is 233 cm³/mol. The molecule has 56 heavy (non-hydrogen) atoms. The van der Waals surface area contributed by atoms with Gasteiger partial charge in [0.15, 0.2) is 17.5 Å². The van der Waals surface area contributed by atoms with Gasteiger partial charge in [0, 0.05) is 27.8 Å². The van der Waals surface area contributed by atoms with Crippen LogP contribution in [0, 0.1) is 0 Å². The third-order valence-corrected chi connectivity index (χ3v) is 11.1. The molecule has 0 radical (unpaired) electrons. The first kappa shape index (κ1) is 33.4. The van der Waals surface area contributed by atoms with Gasteiger partial charge in [0.05, 0.1) is 11.4 Å². The van der Waals surface area contributed by atoms with E-state index < -0.39 is 0 Å². The highest BCUT2D eigenvalue weighted by atomic mass is 15.1. The summed E-state index contributed by atoms with van der Waals surface area (Å²) in [6.07, 6.45) is 9.01. The normalized spacial score (nSPS) is 13.5. The largest absolute Gasteiger partial charge is 0.309 e. The van der Waals surface area contributed by atoms with Gasteiger partial charge in [-0.1, -0.05) is 172 Å². The number of rotatable bonds is 5. The van der Waals surface area contributed by atoms with Gasteiger partial charge in [-0.15, -0.1) is 0 Å². The van der Waals surface area contributed by atoms with E-state index in [0.717, 1.165) is 44.9 Å². The van der Waals surface area contributed by atoms with Crippen LogP contribution >= 0.6 is 0 Å². The molecule has 10 rings (SSSR count). The Kier molecular flexibility index (Phi) is 8.11. The second-order valence-corrected chi connectivity index (χ2v) is 14.9. The Morgan fingerprint density at radius 2 is 0.857 bits per heavy atom. The van der Waals surface area contributed by atoms with Crippen molar-refractivity contribution in [1.82, 2.24) is 15.0 Å². The zero-order valence-corrected chi connectivity index (χ0v) is 31.3. The highest BCUT2D eigenvalue weighted by molar-refractivity contribution is 5.95. The van der Waals surface area contributed by atoms with E-state index in [1.54, 1.807) is 0 Å². The fourth-order valence-corrected chi connectivity index (χ4v) is 8.20. The molecule has 1 aromatic heterocycles. The van der Waals surface area contributed by atoms with Crippen LogP contribution < -0.4 is 4.90 Å². The van der Waals surface area contributed by atoms with Crippen LogP contribution in [-0.4, -0.2) is 15.0 Å². The van der Waals surface area contributed by atoms with Crippen LogP contribution in [0.2, 0.25) is 0 Å². The van der Waals surface area contributed by atoms with E-state index in [-0.39, 0.29) is 5.41 Å². The van der Waals surface area contributed by atoms with Crippen molar-refractivity contribution in [3.63, 3.8) is 0 Å². The van der Waals surface area contributed by atoms with E-state index in [2.05, 4.69) is 152 Å². The van der Waals surface area contributed by atoms with Crippen molar-refractivity contribution in [1.29, 1.82) is 0 Å². The molecule has 4 nitrogen and oxygen atoms in total. The van der Waals surface area contributed by atoms with E-state index >= 15 is 0 Å². The Bertz CT molecular complexity index is 2780. The van der Waals surface area contributed by atoms with Crippen molar-refractivity contribution in [3.8, 4) is 45.3 Å². The fraction of sp³-hybridized carbons (Fsp3) is 0.0577. The molecule has 0 spiro atoms. The predicted octanol–water partition coefficient (Wildman–Crippen LogP) is 13.3. The molecule has 1 aliphatic heterocycles. The molecule has 1 aliphatic carbocycles. The van der Waals surface area contributed by atoms with E-state index in [0.29, 0.717) is 17.5 Å². The Morgan fingerprint density at radius 3 is 1.59 bits per heavy atom. The highest BCUT2D eigenvalue weighted by Gasteiger charge is 2.29. The lowest BCUT2D eigenvalue weighted by atomic mass is 9.75. The first-order valence-corrected chi connectivity index (χ1v) is 19.1. The number of anilines is 3. The van der Waals surface area contributed by atoms with Crippen molar-refractivity contribution < 1.29 is 0 Å². The summed E-state index contributed by atoms with van der Waals surface area (Å²) >= 11 is 0. The maximum absolute atomic E-state index is 5.04. The average molecular weight is 719 g/mol. The summed E-state index contributed by atoms with van der Waals surface area (Å²) < 4.78 is 0. The molecular weight excluding hydrogens is 681 g/mol. The Balaban J connectivity index is 1.07.